The molecule has 8 nitrogen and oxygen atoms in total. The van der Waals surface area contributed by atoms with Gasteiger partial charge in [-0.05, 0) is 49.6 Å². The van der Waals surface area contributed by atoms with E-state index >= 15 is 0 Å². The van der Waals surface area contributed by atoms with Gasteiger partial charge in [-0.2, -0.15) is 0 Å². The monoisotopic (exact) mass is 510 g/mol. The van der Waals surface area contributed by atoms with E-state index in [9.17, 15) is 14.7 Å². The second-order valence-corrected chi connectivity index (χ2v) is 7.93. The van der Waals surface area contributed by atoms with Gasteiger partial charge in [-0.15, -0.1) is 0 Å². The molecule has 0 fully saturated rings. The molecular formula is C24H28Cl2N2O6. The van der Waals surface area contributed by atoms with Gasteiger partial charge in [-0.25, -0.2) is 4.79 Å². The van der Waals surface area contributed by atoms with Gasteiger partial charge in [0.1, 0.15) is 17.0 Å². The summed E-state index contributed by atoms with van der Waals surface area (Å²) in [7, 11) is 0. The Morgan fingerprint density at radius 3 is 2.53 bits per heavy atom. The molecule has 5 N–H and O–H groups in total. The number of unbranched alkanes of at least 4 members (excludes halogenated alkanes) is 1. The van der Waals surface area contributed by atoms with E-state index in [1.807, 2.05) is 13.8 Å². The van der Waals surface area contributed by atoms with Gasteiger partial charge in [0, 0.05) is 22.0 Å². The summed E-state index contributed by atoms with van der Waals surface area (Å²) in [6.07, 6.45) is 1.13. The van der Waals surface area contributed by atoms with Crippen LogP contribution in [-0.2, 0) is 0 Å². The van der Waals surface area contributed by atoms with Crippen LogP contribution < -0.4 is 15.8 Å². The SMILES string of the molecule is CC.NC(=O)Nc1c(C(=O)c2ccc(Cl)cc2Cl)oc2cc(OCCCCC(O)CO)ccc12. The zero-order valence-corrected chi connectivity index (χ0v) is 20.4. The average Bonchev–Trinajstić information content (AvgIpc) is 3.16. The molecule has 3 rings (SSSR count). The van der Waals surface area contributed by atoms with Crippen LogP contribution in [0.4, 0.5) is 10.5 Å². The lowest BCUT2D eigenvalue weighted by Crippen LogP contribution is -2.20. The molecule has 0 aliphatic rings. The summed E-state index contributed by atoms with van der Waals surface area (Å²) in [6, 6.07) is 8.50. The average molecular weight is 511 g/mol. The van der Waals surface area contributed by atoms with Crippen molar-refractivity contribution in [2.45, 2.75) is 39.2 Å². The first-order chi connectivity index (χ1) is 16.3. The van der Waals surface area contributed by atoms with Gasteiger partial charge >= 0.3 is 6.03 Å². The number of primary amides is 1. The first-order valence-corrected chi connectivity index (χ1v) is 11.6. The molecule has 0 radical (unpaired) electrons. The van der Waals surface area contributed by atoms with Crippen LogP contribution in [0.3, 0.4) is 0 Å². The number of hydrogen-bond acceptors (Lipinski definition) is 6. The van der Waals surface area contributed by atoms with Crippen LogP contribution in [0, 0.1) is 0 Å². The maximum absolute atomic E-state index is 13.1. The van der Waals surface area contributed by atoms with Crippen molar-refractivity contribution in [1.82, 2.24) is 0 Å². The van der Waals surface area contributed by atoms with Crippen molar-refractivity contribution < 1.29 is 29.0 Å². The minimum Gasteiger partial charge on any atom is -0.493 e. The van der Waals surface area contributed by atoms with E-state index in [0.717, 1.165) is 0 Å². The fraction of sp³-hybridized carbons (Fsp3) is 0.333. The summed E-state index contributed by atoms with van der Waals surface area (Å²) in [6.45, 7) is 4.13. The Labute approximate surface area is 207 Å². The van der Waals surface area contributed by atoms with Crippen LogP contribution in [0.1, 0.15) is 49.2 Å². The Hall–Kier alpha value is -2.78. The second-order valence-electron chi connectivity index (χ2n) is 7.09. The third-order valence-corrected chi connectivity index (χ3v) is 5.25. The molecule has 10 heteroatoms. The highest BCUT2D eigenvalue weighted by Crippen LogP contribution is 2.36. The number of carbonyl (C=O) groups excluding carboxylic acids is 2. The van der Waals surface area contributed by atoms with E-state index in [1.54, 1.807) is 18.2 Å². The lowest BCUT2D eigenvalue weighted by molar-refractivity contribution is 0.0851. The molecule has 1 unspecified atom stereocenters. The Morgan fingerprint density at radius 1 is 1.15 bits per heavy atom. The number of anilines is 1. The summed E-state index contributed by atoms with van der Waals surface area (Å²) < 4.78 is 11.5. The number of nitrogens with one attached hydrogen (secondary N) is 1. The number of carbonyl (C=O) groups is 2. The third kappa shape index (κ3) is 7.11. The van der Waals surface area contributed by atoms with Gasteiger partial charge in [0.05, 0.1) is 24.3 Å². The minimum atomic E-state index is -0.852. The molecule has 184 valence electrons. The molecule has 0 aliphatic carbocycles. The highest BCUT2D eigenvalue weighted by Gasteiger charge is 2.25. The maximum atomic E-state index is 13.1. The van der Waals surface area contributed by atoms with E-state index in [4.69, 9.17) is 43.2 Å². The molecule has 3 aromatic rings. The Kier molecular flexibility index (Phi) is 10.7. The number of fused-ring (bicyclic) bond motifs is 1. The lowest BCUT2D eigenvalue weighted by atomic mass is 10.1. The first kappa shape index (κ1) is 27.5. The minimum absolute atomic E-state index is 0.127. The van der Waals surface area contributed by atoms with Gasteiger partial charge in [0.15, 0.2) is 5.76 Å². The van der Waals surface area contributed by atoms with Crippen LogP contribution in [0.2, 0.25) is 10.0 Å². The number of aliphatic hydroxyl groups is 2. The fourth-order valence-electron chi connectivity index (χ4n) is 3.13. The summed E-state index contributed by atoms with van der Waals surface area (Å²) in [5.41, 5.74) is 5.89. The normalized spacial score (nSPS) is 11.5. The molecule has 0 saturated carbocycles. The van der Waals surface area contributed by atoms with E-state index in [0.29, 0.717) is 47.6 Å². The van der Waals surface area contributed by atoms with Gasteiger partial charge in [0.2, 0.25) is 5.78 Å². The standard InChI is InChI=1S/C22H22Cl2N2O6.C2H6/c23-12-4-6-15(17(24)9-12)20(29)21-19(26-22(25)30)16-7-5-14(10-18(16)32-21)31-8-2-1-3-13(28)11-27;1-2/h4-7,9-10,13,27-28H,1-3,8,11H2,(H3,25,26,30);1-2H3. The number of furan rings is 1. The zero-order chi connectivity index (χ0) is 25.3. The Morgan fingerprint density at radius 2 is 1.88 bits per heavy atom. The Balaban J connectivity index is 0.00000199. The van der Waals surface area contributed by atoms with Crippen LogP contribution in [-0.4, -0.2) is 41.3 Å². The van der Waals surface area contributed by atoms with Crippen LogP contribution in [0.25, 0.3) is 11.0 Å². The predicted molar refractivity (Wildman–Crippen MR) is 133 cm³/mol. The molecule has 2 aromatic carbocycles. The summed E-state index contributed by atoms with van der Waals surface area (Å²) in [5.74, 6) is -0.169. The number of aliphatic hydroxyl groups excluding tert-OH is 2. The smallest absolute Gasteiger partial charge is 0.316 e. The van der Waals surface area contributed by atoms with Crippen LogP contribution in [0.15, 0.2) is 40.8 Å². The number of amides is 2. The van der Waals surface area contributed by atoms with E-state index in [-0.39, 0.29) is 28.6 Å². The molecule has 0 bridgehead atoms. The van der Waals surface area contributed by atoms with Crippen molar-refractivity contribution in [3.05, 3.63) is 57.8 Å². The van der Waals surface area contributed by atoms with Crippen molar-refractivity contribution >= 4 is 51.7 Å². The molecular weight excluding hydrogens is 483 g/mol. The van der Waals surface area contributed by atoms with Crippen molar-refractivity contribution in [2.24, 2.45) is 5.73 Å². The van der Waals surface area contributed by atoms with Crippen LogP contribution >= 0.6 is 23.2 Å². The topological polar surface area (TPSA) is 135 Å². The lowest BCUT2D eigenvalue weighted by Gasteiger charge is -2.08. The van der Waals surface area contributed by atoms with Gasteiger partial charge in [-0.1, -0.05) is 37.0 Å². The molecule has 1 atom stereocenters. The molecule has 2 amide bonds. The molecule has 0 saturated heterocycles. The number of ether oxygens (including phenoxy) is 1. The number of ketones is 1. The number of benzene rings is 2. The van der Waals surface area contributed by atoms with Crippen molar-refractivity contribution in [1.29, 1.82) is 0 Å². The van der Waals surface area contributed by atoms with Crippen molar-refractivity contribution in [3.8, 4) is 5.75 Å². The quantitative estimate of drug-likeness (QED) is 0.213. The van der Waals surface area contributed by atoms with Crippen molar-refractivity contribution in [3.63, 3.8) is 0 Å². The largest absolute Gasteiger partial charge is 0.493 e. The van der Waals surface area contributed by atoms with Gasteiger partial charge < -0.3 is 30.4 Å². The molecule has 0 aliphatic heterocycles. The maximum Gasteiger partial charge on any atom is 0.316 e. The molecule has 34 heavy (non-hydrogen) atoms. The molecule has 0 spiro atoms. The second kappa shape index (κ2) is 13.2. The third-order valence-electron chi connectivity index (χ3n) is 4.70. The number of halogens is 2. The summed E-state index contributed by atoms with van der Waals surface area (Å²) >= 11 is 12.1. The number of hydrogen-bond donors (Lipinski definition) is 4. The van der Waals surface area contributed by atoms with Gasteiger partial charge in [0.25, 0.3) is 0 Å². The summed E-state index contributed by atoms with van der Waals surface area (Å²) in [4.78, 5) is 24.6. The first-order valence-electron chi connectivity index (χ1n) is 10.8. The fourth-order valence-corrected chi connectivity index (χ4v) is 3.63. The zero-order valence-electron chi connectivity index (χ0n) is 18.9. The van der Waals surface area contributed by atoms with E-state index in [2.05, 4.69) is 5.32 Å². The molecule has 1 heterocycles. The number of nitrogens with two attached hydrogens (primary N) is 1. The van der Waals surface area contributed by atoms with Gasteiger partial charge in [-0.3, -0.25) is 4.79 Å². The van der Waals surface area contributed by atoms with Crippen molar-refractivity contribution in [2.75, 3.05) is 18.5 Å². The highest BCUT2D eigenvalue weighted by atomic mass is 35.5. The Bertz CT molecular complexity index is 1130. The summed E-state index contributed by atoms with van der Waals surface area (Å²) in [5, 5.41) is 21.6. The number of urea groups is 1. The predicted octanol–water partition coefficient (Wildman–Crippen LogP) is 5.39. The number of rotatable bonds is 10. The highest BCUT2D eigenvalue weighted by molar-refractivity contribution is 6.37. The molecule has 1 aromatic heterocycles. The van der Waals surface area contributed by atoms with E-state index in [1.165, 1.54) is 18.2 Å². The van der Waals surface area contributed by atoms with E-state index < -0.39 is 17.9 Å². The van der Waals surface area contributed by atoms with Crippen LogP contribution in [0.5, 0.6) is 5.75 Å².